The largest absolute Gasteiger partial charge is 0.508 e. The molecule has 38 nitrogen and oxygen atoms in total. The standard InChI is InChI=1S/C82H100N14O24/c1-45-69(95-78(113)64(44-98)93-72(107)56(84-46(2)99)36-47-16-7-4-8-17-47)80(115)90-58(38-50-24-28-52(100)29-25-50)74(109)85-54-22-13-14-34-83-66(102)41-59(75(110)92-62(82(117)118)40-49-20-11-6-12-21-49)88-71(106)55(32-33-67(103)119-3)86-73(108)57(37-48-18-9-5-10-19-48)87-76(111)60(42-68(104)120-45)89-77(112)63(43-97)94-79(114)65-23-15-35-96(65)81(116)61(91-70(54)105)39-51-26-30-53(101)31-27-51/h4-12,16-21,24-31,45,54-65,69,97-98,100-101H,13-15,22-23,32-44H2,1-3H3,(H,83,102)(H,84,99)(H,85,109)(H,86,108)(H,87,111)(H,88,106)(H,89,112)(H,90,115)(H,91,105)(H,92,110)(H,93,107)(H,94,114)(H,95,113)(H,117,118)/t45-,54?,55?,56?,57+,58?,59?,60+,61+,62?,63?,64+,65?,69+/m1/s1. The van der Waals surface area contributed by atoms with Crippen LogP contribution in [-0.2, 0) is 123 Å². The maximum absolute atomic E-state index is 15.5. The van der Waals surface area contributed by atoms with Crippen molar-refractivity contribution in [1.29, 1.82) is 0 Å². The number of aliphatic hydroxyl groups is 2. The number of fused-ring (bicyclic) bond motifs is 12. The number of aromatic hydroxyl groups is 2. The molecule has 3 fully saturated rings. The van der Waals surface area contributed by atoms with Crippen LogP contribution in [-0.4, -0.2) is 249 Å². The van der Waals surface area contributed by atoms with Gasteiger partial charge in [0.1, 0.15) is 96.1 Å². The van der Waals surface area contributed by atoms with Crippen molar-refractivity contribution in [3.63, 3.8) is 0 Å². The van der Waals surface area contributed by atoms with Gasteiger partial charge in [-0.1, -0.05) is 115 Å². The maximum atomic E-state index is 15.5. The topological polar surface area (TPSA) is 569 Å². The van der Waals surface area contributed by atoms with Gasteiger partial charge in [-0.2, -0.15) is 0 Å². The molecule has 0 spiro atoms. The second-order valence-electron chi connectivity index (χ2n) is 29.1. The number of esters is 2. The number of phenolic OH excluding ortho intramolecular Hbond substituents is 2. The molecule has 8 rings (SSSR count). The van der Waals surface area contributed by atoms with Crippen LogP contribution in [0.2, 0.25) is 0 Å². The van der Waals surface area contributed by atoms with Gasteiger partial charge < -0.3 is 109 Å². The van der Waals surface area contributed by atoms with E-state index in [0.717, 1.165) is 25.9 Å². The van der Waals surface area contributed by atoms with Crippen molar-refractivity contribution in [2.24, 2.45) is 0 Å². The third-order valence-electron chi connectivity index (χ3n) is 20.0. The number of nitrogens with zero attached hydrogens (tertiary/aromatic N) is 1. The number of carbonyl (C=O) groups excluding carboxylic acids is 16. The van der Waals surface area contributed by atoms with Crippen molar-refractivity contribution in [3.05, 3.63) is 167 Å². The molecule has 3 aliphatic rings. The van der Waals surface area contributed by atoms with Gasteiger partial charge in [-0.05, 0) is 97.5 Å². The number of nitrogens with one attached hydrogen (secondary N) is 13. The van der Waals surface area contributed by atoms with E-state index in [1.807, 2.05) is 0 Å². The number of aliphatic hydroxyl groups excluding tert-OH is 2. The number of aliphatic carboxylic acids is 1. The molecule has 0 saturated carbocycles. The minimum Gasteiger partial charge on any atom is -0.508 e. The van der Waals surface area contributed by atoms with Gasteiger partial charge in [-0.15, -0.1) is 0 Å². The summed E-state index contributed by atoms with van der Waals surface area (Å²) in [7, 11) is 1.02. The number of carbonyl (C=O) groups is 17. The summed E-state index contributed by atoms with van der Waals surface area (Å²) >= 11 is 0. The van der Waals surface area contributed by atoms with E-state index < -0.39 is 243 Å². The Kier molecular flexibility index (Phi) is 34.8. The Labute approximate surface area is 688 Å². The van der Waals surface area contributed by atoms with Crippen LogP contribution in [0.4, 0.5) is 0 Å². The molecule has 8 unspecified atom stereocenters. The molecule has 3 heterocycles. The summed E-state index contributed by atoms with van der Waals surface area (Å²) in [6.07, 6.45) is -7.96. The van der Waals surface area contributed by atoms with Crippen LogP contribution in [0.5, 0.6) is 11.5 Å². The fraction of sp³-hybridized carbons (Fsp3) is 0.427. The molecule has 0 aromatic heterocycles. The number of ether oxygens (including phenoxy) is 2. The Balaban J connectivity index is 1.29. The average Bonchev–Trinajstić information content (AvgIpc) is 1.64. The SMILES string of the molecule is COC(=O)CCC1NC(=O)[C@H](Cc2ccccc2)NC(=O)[C@@H]2CC(=O)O[C@H](C)[C@H](NC(=O)[C@H](CO)NC(=O)C(Cc3ccccc3)NC(C)=O)C(=O)NC(Cc3ccc(O)cc3)C(=O)NC(CCCCNC(=O)CC(C(=O)NC(Cc3ccccc3)C(=O)O)NC1=O)C(=O)N[C@@H](Cc1ccc(O)cc1)C(=O)N1CCCC1C(=O)NC(CO)C(=O)N2. The molecule has 5 aromatic rings. The Morgan fingerprint density at radius 2 is 1.01 bits per heavy atom. The lowest BCUT2D eigenvalue weighted by Gasteiger charge is -2.31. The fourth-order valence-electron chi connectivity index (χ4n) is 13.6. The molecule has 0 radical (unpaired) electrons. The first-order valence-electron chi connectivity index (χ1n) is 39.0. The Hall–Kier alpha value is -13.4. The molecule has 0 aliphatic carbocycles. The van der Waals surface area contributed by atoms with E-state index >= 15 is 28.8 Å². The van der Waals surface area contributed by atoms with Crippen molar-refractivity contribution >= 4 is 101 Å². The smallest absolute Gasteiger partial charge is 0.326 e. The lowest BCUT2D eigenvalue weighted by Crippen LogP contribution is -2.63. The molecule has 5 aromatic carbocycles. The molecule has 642 valence electrons. The van der Waals surface area contributed by atoms with Crippen LogP contribution >= 0.6 is 0 Å². The number of phenols is 2. The summed E-state index contributed by atoms with van der Waals surface area (Å²) in [6, 6.07) is 10.4. The predicted molar refractivity (Wildman–Crippen MR) is 422 cm³/mol. The van der Waals surface area contributed by atoms with E-state index in [-0.39, 0.29) is 75.1 Å². The molecule has 2 bridgehead atoms. The highest BCUT2D eigenvalue weighted by atomic mass is 16.5. The molecule has 3 aliphatic heterocycles. The molecule has 14 atom stereocenters. The van der Waals surface area contributed by atoms with E-state index in [1.54, 1.807) is 78.9 Å². The Bertz CT molecular complexity index is 4470. The molecule has 3 saturated heterocycles. The first kappa shape index (κ1) is 92.1. The van der Waals surface area contributed by atoms with Gasteiger partial charge in [0.15, 0.2) is 0 Å². The zero-order valence-electron chi connectivity index (χ0n) is 66.0. The number of methoxy groups -OCH3 is 1. The van der Waals surface area contributed by atoms with Crippen LogP contribution in [0.15, 0.2) is 140 Å². The molecule has 18 N–H and O–H groups in total. The minimum atomic E-state index is -2.31. The Morgan fingerprint density at radius 3 is 1.57 bits per heavy atom. The molecule has 38 heteroatoms. The van der Waals surface area contributed by atoms with Gasteiger partial charge in [0, 0.05) is 58.5 Å². The fourth-order valence-corrected chi connectivity index (χ4v) is 13.6. The second kappa shape index (κ2) is 45.4. The maximum Gasteiger partial charge on any atom is 0.326 e. The van der Waals surface area contributed by atoms with Crippen LogP contribution in [0.1, 0.15) is 99.5 Å². The van der Waals surface area contributed by atoms with E-state index in [2.05, 4.69) is 69.1 Å². The van der Waals surface area contributed by atoms with Crippen LogP contribution in [0.25, 0.3) is 0 Å². The van der Waals surface area contributed by atoms with Crippen LogP contribution < -0.4 is 69.1 Å². The summed E-state index contributed by atoms with van der Waals surface area (Å²) in [5.41, 5.74) is 1.84. The number of hydrogen-bond acceptors (Lipinski definition) is 23. The average molecular weight is 1670 g/mol. The summed E-state index contributed by atoms with van der Waals surface area (Å²) in [5.74, 6) is -20.7. The van der Waals surface area contributed by atoms with Gasteiger partial charge in [0.25, 0.3) is 0 Å². The quantitative estimate of drug-likeness (QED) is 0.0282. The monoisotopic (exact) mass is 1660 g/mol. The highest BCUT2D eigenvalue weighted by molar-refractivity contribution is 6.02. The molecular weight excluding hydrogens is 1560 g/mol. The number of carboxylic acids is 1. The molecule has 120 heavy (non-hydrogen) atoms. The number of hydrogen-bond donors (Lipinski definition) is 18. The van der Waals surface area contributed by atoms with Gasteiger partial charge in [-0.3, -0.25) is 76.7 Å². The minimum absolute atomic E-state index is 0.0793. The van der Waals surface area contributed by atoms with Crippen molar-refractivity contribution in [2.75, 3.05) is 33.4 Å². The predicted octanol–water partition coefficient (Wildman–Crippen LogP) is -3.51. The molecule has 14 amide bonds. The normalized spacial score (nSPS) is 23.2. The van der Waals surface area contributed by atoms with Crippen molar-refractivity contribution in [3.8, 4) is 11.5 Å². The van der Waals surface area contributed by atoms with Gasteiger partial charge in [0.2, 0.25) is 82.7 Å². The number of benzene rings is 5. The van der Waals surface area contributed by atoms with E-state index in [0.29, 0.717) is 22.3 Å². The van der Waals surface area contributed by atoms with Crippen molar-refractivity contribution < 1.29 is 117 Å². The first-order valence-corrected chi connectivity index (χ1v) is 39.0. The summed E-state index contributed by atoms with van der Waals surface area (Å²) in [6.45, 7) is -0.759. The lowest BCUT2D eigenvalue weighted by atomic mass is 10.0. The summed E-state index contributed by atoms with van der Waals surface area (Å²) in [4.78, 5) is 249. The van der Waals surface area contributed by atoms with Gasteiger partial charge >= 0.3 is 17.9 Å². The number of amides is 14. The van der Waals surface area contributed by atoms with E-state index in [1.165, 1.54) is 60.7 Å². The van der Waals surface area contributed by atoms with Gasteiger partial charge in [0.05, 0.1) is 33.2 Å². The zero-order chi connectivity index (χ0) is 87.1. The summed E-state index contributed by atoms with van der Waals surface area (Å²) < 4.78 is 10.7. The Morgan fingerprint density at radius 1 is 0.508 bits per heavy atom. The van der Waals surface area contributed by atoms with Crippen LogP contribution in [0, 0.1) is 0 Å². The summed E-state index contributed by atoms with van der Waals surface area (Å²) in [5, 5.41) is 84.9. The lowest BCUT2D eigenvalue weighted by molar-refractivity contribution is -0.154. The van der Waals surface area contributed by atoms with E-state index in [9.17, 15) is 78.3 Å². The van der Waals surface area contributed by atoms with E-state index in [4.69, 9.17) is 9.47 Å². The number of rotatable bonds is 23. The van der Waals surface area contributed by atoms with Crippen molar-refractivity contribution in [2.45, 2.75) is 188 Å². The highest BCUT2D eigenvalue weighted by Crippen LogP contribution is 2.23. The van der Waals surface area contributed by atoms with Crippen molar-refractivity contribution in [1.82, 2.24) is 74.0 Å². The third-order valence-corrected chi connectivity index (χ3v) is 20.0. The molecular formula is C82H100N14O24. The highest BCUT2D eigenvalue weighted by Gasteiger charge is 2.43. The van der Waals surface area contributed by atoms with Crippen LogP contribution in [0.3, 0.4) is 0 Å². The second-order valence-corrected chi connectivity index (χ2v) is 29.1. The number of carboxylic acid groups (broad SMARTS) is 1. The van der Waals surface area contributed by atoms with Gasteiger partial charge in [-0.25, -0.2) is 4.79 Å². The first-order chi connectivity index (χ1) is 57.4. The third kappa shape index (κ3) is 28.2. The zero-order valence-corrected chi connectivity index (χ0v) is 66.0.